The standard InChI is InChI=1S/C22H20BrN3O3/c1-14-12-16(23)8-10-18(14)24-20(27)13-26(2)22(29)17-9-11-19(25-21(17)28)15-6-4-3-5-7-15/h3-12H,13H2,1-2H3,(H,24,27)(H,25,28). The van der Waals surface area contributed by atoms with E-state index < -0.39 is 11.5 Å². The molecule has 3 rings (SSSR count). The second kappa shape index (κ2) is 8.87. The number of H-pyrrole nitrogens is 1. The van der Waals surface area contributed by atoms with Gasteiger partial charge < -0.3 is 15.2 Å². The van der Waals surface area contributed by atoms with E-state index in [0.29, 0.717) is 11.4 Å². The number of carbonyl (C=O) groups excluding carboxylic acids is 2. The molecule has 0 aliphatic carbocycles. The van der Waals surface area contributed by atoms with Crippen molar-refractivity contribution in [1.29, 1.82) is 0 Å². The van der Waals surface area contributed by atoms with Crippen LogP contribution in [0.3, 0.4) is 0 Å². The van der Waals surface area contributed by atoms with Crippen LogP contribution in [-0.4, -0.2) is 35.3 Å². The van der Waals surface area contributed by atoms with Gasteiger partial charge in [0.2, 0.25) is 5.91 Å². The van der Waals surface area contributed by atoms with E-state index in [1.165, 1.54) is 18.0 Å². The minimum atomic E-state index is -0.520. The average Bonchev–Trinajstić information content (AvgIpc) is 2.70. The van der Waals surface area contributed by atoms with Crippen molar-refractivity contribution in [2.24, 2.45) is 0 Å². The van der Waals surface area contributed by atoms with E-state index >= 15 is 0 Å². The predicted octanol–water partition coefficient (Wildman–Crippen LogP) is 3.82. The van der Waals surface area contributed by atoms with Gasteiger partial charge in [-0.25, -0.2) is 0 Å². The lowest BCUT2D eigenvalue weighted by atomic mass is 10.1. The first-order valence-electron chi connectivity index (χ1n) is 8.95. The number of amides is 2. The van der Waals surface area contributed by atoms with Gasteiger partial charge in [0, 0.05) is 22.9 Å². The second-order valence-electron chi connectivity index (χ2n) is 6.65. The van der Waals surface area contributed by atoms with E-state index in [9.17, 15) is 14.4 Å². The van der Waals surface area contributed by atoms with Crippen LogP contribution in [0, 0.1) is 6.92 Å². The largest absolute Gasteiger partial charge is 0.332 e. The molecule has 0 bridgehead atoms. The van der Waals surface area contributed by atoms with Gasteiger partial charge in [-0.1, -0.05) is 46.3 Å². The maximum absolute atomic E-state index is 12.6. The lowest BCUT2D eigenvalue weighted by Gasteiger charge is -2.17. The highest BCUT2D eigenvalue weighted by Gasteiger charge is 2.18. The van der Waals surface area contributed by atoms with Crippen LogP contribution in [0.2, 0.25) is 0 Å². The van der Waals surface area contributed by atoms with Gasteiger partial charge in [-0.15, -0.1) is 0 Å². The quantitative estimate of drug-likeness (QED) is 0.615. The van der Waals surface area contributed by atoms with Gasteiger partial charge in [-0.05, 0) is 48.4 Å². The Bertz CT molecular complexity index is 1110. The van der Waals surface area contributed by atoms with Gasteiger partial charge >= 0.3 is 0 Å². The highest BCUT2D eigenvalue weighted by atomic mass is 79.9. The van der Waals surface area contributed by atoms with Crippen molar-refractivity contribution >= 4 is 33.4 Å². The number of hydrogen-bond donors (Lipinski definition) is 2. The Kier molecular flexibility index (Phi) is 6.29. The number of pyridine rings is 1. The molecule has 0 saturated heterocycles. The molecule has 0 atom stereocenters. The monoisotopic (exact) mass is 453 g/mol. The Hall–Kier alpha value is -3.19. The maximum atomic E-state index is 12.6. The fraction of sp³-hybridized carbons (Fsp3) is 0.136. The zero-order chi connectivity index (χ0) is 21.0. The maximum Gasteiger partial charge on any atom is 0.261 e. The number of halogens is 1. The molecule has 0 saturated carbocycles. The third kappa shape index (κ3) is 5.00. The Labute approximate surface area is 176 Å². The minimum Gasteiger partial charge on any atom is -0.332 e. The molecular weight excluding hydrogens is 434 g/mol. The summed E-state index contributed by atoms with van der Waals surface area (Å²) in [7, 11) is 1.49. The molecule has 7 heteroatoms. The molecule has 148 valence electrons. The number of hydrogen-bond acceptors (Lipinski definition) is 3. The number of aromatic nitrogens is 1. The Balaban J connectivity index is 1.69. The highest BCUT2D eigenvalue weighted by molar-refractivity contribution is 9.10. The molecule has 0 aliphatic heterocycles. The van der Waals surface area contributed by atoms with Crippen molar-refractivity contribution < 1.29 is 9.59 Å². The molecule has 2 amide bonds. The smallest absolute Gasteiger partial charge is 0.261 e. The van der Waals surface area contributed by atoms with E-state index in [4.69, 9.17) is 0 Å². The summed E-state index contributed by atoms with van der Waals surface area (Å²) in [6, 6.07) is 18.0. The summed E-state index contributed by atoms with van der Waals surface area (Å²) in [6.45, 7) is 1.71. The number of nitrogens with one attached hydrogen (secondary N) is 2. The van der Waals surface area contributed by atoms with Gasteiger partial charge in [0.15, 0.2) is 0 Å². The molecule has 0 fully saturated rings. The average molecular weight is 454 g/mol. The summed E-state index contributed by atoms with van der Waals surface area (Å²) in [5.41, 5.74) is 2.53. The van der Waals surface area contributed by atoms with Crippen LogP contribution in [0.5, 0.6) is 0 Å². The third-order valence-corrected chi connectivity index (χ3v) is 4.91. The molecule has 2 N–H and O–H groups in total. The van der Waals surface area contributed by atoms with Crippen LogP contribution in [0.15, 0.2) is 69.9 Å². The summed E-state index contributed by atoms with van der Waals surface area (Å²) < 4.78 is 0.915. The molecular formula is C22H20BrN3O3. The van der Waals surface area contributed by atoms with Crippen molar-refractivity contribution in [2.75, 3.05) is 18.9 Å². The second-order valence-corrected chi connectivity index (χ2v) is 7.57. The molecule has 1 heterocycles. The number of anilines is 1. The first-order chi connectivity index (χ1) is 13.8. The summed E-state index contributed by atoms with van der Waals surface area (Å²) >= 11 is 3.38. The van der Waals surface area contributed by atoms with E-state index in [1.54, 1.807) is 12.1 Å². The zero-order valence-corrected chi connectivity index (χ0v) is 17.6. The van der Waals surface area contributed by atoms with Gasteiger partial charge in [0.05, 0.1) is 6.54 Å². The minimum absolute atomic E-state index is 0.0141. The number of carbonyl (C=O) groups is 2. The first kappa shape index (κ1) is 20.5. The van der Waals surface area contributed by atoms with Crippen LogP contribution in [0.1, 0.15) is 15.9 Å². The van der Waals surface area contributed by atoms with Crippen LogP contribution >= 0.6 is 15.9 Å². The van der Waals surface area contributed by atoms with Crippen molar-refractivity contribution in [3.8, 4) is 11.3 Å². The molecule has 0 aliphatic rings. The van der Waals surface area contributed by atoms with E-state index in [0.717, 1.165) is 15.6 Å². The molecule has 0 unspecified atom stereocenters. The van der Waals surface area contributed by atoms with Gasteiger partial charge in [-0.2, -0.15) is 0 Å². The fourth-order valence-electron chi connectivity index (χ4n) is 2.88. The molecule has 6 nitrogen and oxygen atoms in total. The summed E-state index contributed by atoms with van der Waals surface area (Å²) in [5.74, 6) is -0.864. The summed E-state index contributed by atoms with van der Waals surface area (Å²) in [5, 5.41) is 2.78. The van der Waals surface area contributed by atoms with Crippen molar-refractivity contribution in [2.45, 2.75) is 6.92 Å². The molecule has 0 spiro atoms. The lowest BCUT2D eigenvalue weighted by Crippen LogP contribution is -2.37. The first-order valence-corrected chi connectivity index (χ1v) is 9.74. The lowest BCUT2D eigenvalue weighted by molar-refractivity contribution is -0.116. The summed E-state index contributed by atoms with van der Waals surface area (Å²) in [4.78, 5) is 41.3. The molecule has 0 radical (unpaired) electrons. The molecule has 1 aromatic heterocycles. The van der Waals surface area contributed by atoms with Gasteiger partial charge in [0.25, 0.3) is 11.5 Å². The molecule has 2 aromatic carbocycles. The van der Waals surface area contributed by atoms with Crippen LogP contribution in [0.25, 0.3) is 11.3 Å². The van der Waals surface area contributed by atoms with E-state index in [2.05, 4.69) is 26.2 Å². The Morgan fingerprint density at radius 3 is 2.45 bits per heavy atom. The fourth-order valence-corrected chi connectivity index (χ4v) is 3.35. The normalized spacial score (nSPS) is 10.4. The number of nitrogens with zero attached hydrogens (tertiary/aromatic N) is 1. The number of aromatic amines is 1. The van der Waals surface area contributed by atoms with E-state index in [1.807, 2.05) is 49.4 Å². The Morgan fingerprint density at radius 1 is 1.07 bits per heavy atom. The third-order valence-electron chi connectivity index (χ3n) is 4.41. The zero-order valence-electron chi connectivity index (χ0n) is 16.0. The summed E-state index contributed by atoms with van der Waals surface area (Å²) in [6.07, 6.45) is 0. The van der Waals surface area contributed by atoms with Crippen LogP contribution in [0.4, 0.5) is 5.69 Å². The van der Waals surface area contributed by atoms with Crippen LogP contribution in [-0.2, 0) is 4.79 Å². The van der Waals surface area contributed by atoms with Crippen LogP contribution < -0.4 is 10.9 Å². The highest BCUT2D eigenvalue weighted by Crippen LogP contribution is 2.20. The number of aryl methyl sites for hydroxylation is 1. The number of benzene rings is 2. The van der Waals surface area contributed by atoms with Crippen molar-refractivity contribution in [1.82, 2.24) is 9.88 Å². The van der Waals surface area contributed by atoms with Gasteiger partial charge in [-0.3, -0.25) is 14.4 Å². The topological polar surface area (TPSA) is 82.3 Å². The van der Waals surface area contributed by atoms with Crippen molar-refractivity contribution in [3.63, 3.8) is 0 Å². The van der Waals surface area contributed by atoms with Crippen molar-refractivity contribution in [3.05, 3.63) is 86.6 Å². The molecule has 29 heavy (non-hydrogen) atoms. The van der Waals surface area contributed by atoms with Gasteiger partial charge in [0.1, 0.15) is 5.56 Å². The SMILES string of the molecule is Cc1cc(Br)ccc1NC(=O)CN(C)C(=O)c1ccc(-c2ccccc2)[nH]c1=O. The predicted molar refractivity (Wildman–Crippen MR) is 117 cm³/mol. The van der Waals surface area contributed by atoms with E-state index in [-0.39, 0.29) is 18.0 Å². The number of likely N-dealkylation sites (N-methyl/N-ethyl adjacent to an activating group) is 1. The Morgan fingerprint density at radius 2 is 1.79 bits per heavy atom. The number of rotatable bonds is 5. The molecule has 3 aromatic rings.